The first-order valence-corrected chi connectivity index (χ1v) is 9.30. The highest BCUT2D eigenvalue weighted by Gasteiger charge is 2.36. The van der Waals surface area contributed by atoms with Crippen molar-refractivity contribution in [1.82, 2.24) is 4.90 Å². The van der Waals surface area contributed by atoms with Crippen LogP contribution in [0.2, 0.25) is 0 Å². The Balaban J connectivity index is 1.65. The Bertz CT molecular complexity index is 733. The van der Waals surface area contributed by atoms with Crippen molar-refractivity contribution >= 4 is 17.6 Å². The number of esters is 1. The van der Waals surface area contributed by atoms with Crippen LogP contribution in [0.15, 0.2) is 18.2 Å². The van der Waals surface area contributed by atoms with Crippen molar-refractivity contribution in [3.63, 3.8) is 0 Å². The number of ether oxygens (including phenoxy) is 2. The van der Waals surface area contributed by atoms with Gasteiger partial charge in [0.05, 0.1) is 12.0 Å². The van der Waals surface area contributed by atoms with Crippen LogP contribution >= 0.6 is 0 Å². The Morgan fingerprint density at radius 3 is 2.70 bits per heavy atom. The summed E-state index contributed by atoms with van der Waals surface area (Å²) in [6.07, 6.45) is 6.61. The van der Waals surface area contributed by atoms with Gasteiger partial charge in [-0.1, -0.05) is 12.8 Å². The molecule has 1 saturated carbocycles. The number of likely N-dealkylation sites (tertiary alicyclic amines) is 1. The zero-order chi connectivity index (χ0) is 19.4. The molecule has 0 bridgehead atoms. The van der Waals surface area contributed by atoms with Gasteiger partial charge in [0.25, 0.3) is 11.6 Å². The molecule has 8 heteroatoms. The summed E-state index contributed by atoms with van der Waals surface area (Å²) in [6.45, 7) is 0.325. The highest BCUT2D eigenvalue weighted by molar-refractivity contribution is 5.94. The third kappa shape index (κ3) is 4.20. The number of nitro groups is 1. The fourth-order valence-electron chi connectivity index (χ4n) is 4.19. The van der Waals surface area contributed by atoms with Gasteiger partial charge in [-0.25, -0.2) is 4.79 Å². The van der Waals surface area contributed by atoms with E-state index in [1.165, 1.54) is 25.7 Å². The zero-order valence-electron chi connectivity index (χ0n) is 15.4. The summed E-state index contributed by atoms with van der Waals surface area (Å²) in [6, 6.07) is 3.93. The summed E-state index contributed by atoms with van der Waals surface area (Å²) < 4.78 is 10.2. The molecule has 0 unspecified atom stereocenters. The van der Waals surface area contributed by atoms with E-state index in [4.69, 9.17) is 9.47 Å². The van der Waals surface area contributed by atoms with Gasteiger partial charge >= 0.3 is 5.97 Å². The lowest BCUT2D eigenvalue weighted by molar-refractivity contribution is -0.384. The summed E-state index contributed by atoms with van der Waals surface area (Å²) >= 11 is 0. The van der Waals surface area contributed by atoms with E-state index in [-0.39, 0.29) is 35.6 Å². The lowest BCUT2D eigenvalue weighted by Gasteiger charge is -2.44. The molecule has 2 aliphatic rings. The standard InChI is InChI=1S/C19H24N2O6/c1-26-17-9-8-14(21(24)25)11-15(17)19(23)27-12-18(22)20-10-4-6-13-5-2-3-7-16(13)20/h8-9,11,13,16H,2-7,10,12H2,1H3/t13-,16-/m0/s1. The number of rotatable bonds is 5. The molecule has 0 N–H and O–H groups in total. The van der Waals surface area contributed by atoms with Crippen LogP contribution < -0.4 is 4.74 Å². The minimum absolute atomic E-state index is 0.0614. The number of benzene rings is 1. The molecule has 1 heterocycles. The van der Waals surface area contributed by atoms with Crippen molar-refractivity contribution in [3.05, 3.63) is 33.9 Å². The van der Waals surface area contributed by atoms with E-state index in [9.17, 15) is 19.7 Å². The number of hydrogen-bond acceptors (Lipinski definition) is 6. The molecular formula is C19H24N2O6. The van der Waals surface area contributed by atoms with Crippen molar-refractivity contribution in [1.29, 1.82) is 0 Å². The number of non-ortho nitro benzene ring substituents is 1. The second kappa shape index (κ2) is 8.37. The quantitative estimate of drug-likeness (QED) is 0.445. The molecule has 0 aromatic heterocycles. The second-order valence-corrected chi connectivity index (χ2v) is 7.06. The van der Waals surface area contributed by atoms with Gasteiger partial charge in [0.15, 0.2) is 6.61 Å². The summed E-state index contributed by atoms with van der Waals surface area (Å²) in [5, 5.41) is 10.9. The third-order valence-electron chi connectivity index (χ3n) is 5.50. The van der Waals surface area contributed by atoms with E-state index in [1.54, 1.807) is 0 Å². The van der Waals surface area contributed by atoms with Gasteiger partial charge in [0.2, 0.25) is 0 Å². The molecule has 1 aliphatic carbocycles. The third-order valence-corrected chi connectivity index (χ3v) is 5.50. The normalized spacial score (nSPS) is 21.9. The first-order chi connectivity index (χ1) is 13.0. The van der Waals surface area contributed by atoms with Gasteiger partial charge < -0.3 is 14.4 Å². The van der Waals surface area contributed by atoms with Gasteiger partial charge in [0.1, 0.15) is 11.3 Å². The number of amides is 1. The number of nitro benzene ring substituents is 1. The Kier molecular flexibility index (Phi) is 5.93. The van der Waals surface area contributed by atoms with Crippen LogP contribution in [0.25, 0.3) is 0 Å². The fraction of sp³-hybridized carbons (Fsp3) is 0.579. The van der Waals surface area contributed by atoms with E-state index in [0.29, 0.717) is 12.5 Å². The molecule has 1 amide bonds. The Hall–Kier alpha value is -2.64. The smallest absolute Gasteiger partial charge is 0.342 e. The van der Waals surface area contributed by atoms with Crippen LogP contribution in [0.5, 0.6) is 5.75 Å². The highest BCUT2D eigenvalue weighted by Crippen LogP contribution is 2.35. The predicted molar refractivity (Wildman–Crippen MR) is 96.6 cm³/mol. The Labute approximate surface area is 157 Å². The van der Waals surface area contributed by atoms with Crippen molar-refractivity contribution < 1.29 is 24.0 Å². The van der Waals surface area contributed by atoms with Gasteiger partial charge in [-0.05, 0) is 37.7 Å². The van der Waals surface area contributed by atoms with Crippen molar-refractivity contribution in [2.24, 2.45) is 5.92 Å². The number of fused-ring (bicyclic) bond motifs is 1. The predicted octanol–water partition coefficient (Wildman–Crippen LogP) is 2.94. The molecule has 2 atom stereocenters. The van der Waals surface area contributed by atoms with E-state index in [1.807, 2.05) is 4.90 Å². The molecule has 146 valence electrons. The second-order valence-electron chi connectivity index (χ2n) is 7.06. The monoisotopic (exact) mass is 376 g/mol. The molecule has 0 radical (unpaired) electrons. The fourth-order valence-corrected chi connectivity index (χ4v) is 4.19. The lowest BCUT2D eigenvalue weighted by Crippen LogP contribution is -2.50. The molecule has 1 aromatic carbocycles. The lowest BCUT2D eigenvalue weighted by atomic mass is 9.78. The average molecular weight is 376 g/mol. The largest absolute Gasteiger partial charge is 0.496 e. The minimum atomic E-state index is -0.805. The molecule has 1 aromatic rings. The van der Waals surface area contributed by atoms with Crippen LogP contribution in [0.3, 0.4) is 0 Å². The minimum Gasteiger partial charge on any atom is -0.496 e. The van der Waals surface area contributed by atoms with Crippen LogP contribution in [0.1, 0.15) is 48.9 Å². The number of piperidine rings is 1. The van der Waals surface area contributed by atoms with Gasteiger partial charge in [-0.15, -0.1) is 0 Å². The topological polar surface area (TPSA) is 99.0 Å². The first-order valence-electron chi connectivity index (χ1n) is 9.30. The molecule has 2 fully saturated rings. The molecule has 1 saturated heterocycles. The van der Waals surface area contributed by atoms with Crippen LogP contribution in [-0.4, -0.2) is 48.0 Å². The zero-order valence-corrected chi connectivity index (χ0v) is 15.4. The average Bonchev–Trinajstić information content (AvgIpc) is 2.70. The first kappa shape index (κ1) is 19.1. The van der Waals surface area contributed by atoms with Gasteiger partial charge in [-0.2, -0.15) is 0 Å². The number of carbonyl (C=O) groups is 2. The number of methoxy groups -OCH3 is 1. The molecule has 3 rings (SSSR count). The maximum absolute atomic E-state index is 12.6. The summed E-state index contributed by atoms with van der Waals surface area (Å²) in [4.78, 5) is 37.2. The van der Waals surface area contributed by atoms with E-state index in [2.05, 4.69) is 0 Å². The van der Waals surface area contributed by atoms with Crippen LogP contribution in [-0.2, 0) is 9.53 Å². The van der Waals surface area contributed by atoms with E-state index >= 15 is 0 Å². The summed E-state index contributed by atoms with van der Waals surface area (Å²) in [5.41, 5.74) is -0.302. The van der Waals surface area contributed by atoms with Crippen LogP contribution in [0, 0.1) is 16.0 Å². The number of nitrogens with zero attached hydrogens (tertiary/aromatic N) is 2. The van der Waals surface area contributed by atoms with Crippen molar-refractivity contribution in [2.75, 3.05) is 20.3 Å². The molecular weight excluding hydrogens is 352 g/mol. The molecule has 8 nitrogen and oxygen atoms in total. The van der Waals surface area contributed by atoms with Gasteiger partial charge in [0, 0.05) is 24.7 Å². The van der Waals surface area contributed by atoms with E-state index < -0.39 is 10.9 Å². The van der Waals surface area contributed by atoms with E-state index in [0.717, 1.165) is 38.2 Å². The van der Waals surface area contributed by atoms with Gasteiger partial charge in [-0.3, -0.25) is 14.9 Å². The number of hydrogen-bond donors (Lipinski definition) is 0. The molecule has 1 aliphatic heterocycles. The number of carbonyl (C=O) groups excluding carboxylic acids is 2. The Morgan fingerprint density at radius 2 is 1.96 bits per heavy atom. The summed E-state index contributed by atoms with van der Waals surface area (Å²) in [5.74, 6) is -0.294. The Morgan fingerprint density at radius 1 is 1.22 bits per heavy atom. The maximum Gasteiger partial charge on any atom is 0.342 e. The SMILES string of the molecule is COc1ccc([N+](=O)[O-])cc1C(=O)OCC(=O)N1CCC[C@@H]2CCCC[C@@H]21. The molecule has 0 spiro atoms. The molecule has 27 heavy (non-hydrogen) atoms. The summed E-state index contributed by atoms with van der Waals surface area (Å²) in [7, 11) is 1.36. The maximum atomic E-state index is 12.6. The van der Waals surface area contributed by atoms with Crippen molar-refractivity contribution in [2.45, 2.75) is 44.6 Å². The van der Waals surface area contributed by atoms with Crippen molar-refractivity contribution in [3.8, 4) is 5.75 Å². The highest BCUT2D eigenvalue weighted by atomic mass is 16.6. The van der Waals surface area contributed by atoms with Crippen LogP contribution in [0.4, 0.5) is 5.69 Å².